The van der Waals surface area contributed by atoms with Crippen LogP contribution >= 0.6 is 0 Å². The predicted molar refractivity (Wildman–Crippen MR) is 57.5 cm³/mol. The average Bonchev–Trinajstić information content (AvgIpc) is 2.64. The molecule has 0 atom stereocenters. The van der Waals surface area contributed by atoms with Crippen molar-refractivity contribution in [3.63, 3.8) is 0 Å². The predicted octanol–water partition coefficient (Wildman–Crippen LogP) is 1.39. The molecular weight excluding hydrogens is 194 g/mol. The summed E-state index contributed by atoms with van der Waals surface area (Å²) >= 11 is 0. The van der Waals surface area contributed by atoms with Crippen LogP contribution in [0.4, 0.5) is 5.69 Å². The maximum Gasteiger partial charge on any atom is 0.224 e. The molecule has 0 aliphatic rings. The maximum absolute atomic E-state index is 11.3. The molecular formula is C10H17N3O2. The van der Waals surface area contributed by atoms with Gasteiger partial charge in [-0.05, 0) is 13.0 Å². The molecule has 0 spiro atoms. The number of aromatic nitrogens is 1. The van der Waals surface area contributed by atoms with Crippen LogP contribution in [0.2, 0.25) is 0 Å². The van der Waals surface area contributed by atoms with E-state index in [1.165, 1.54) is 12.5 Å². The van der Waals surface area contributed by atoms with E-state index in [0.717, 1.165) is 13.0 Å². The van der Waals surface area contributed by atoms with E-state index in [0.29, 0.717) is 18.2 Å². The number of amides is 1. The topological polar surface area (TPSA) is 67.2 Å². The number of rotatable bonds is 6. The van der Waals surface area contributed by atoms with Crippen molar-refractivity contribution >= 4 is 11.6 Å². The average molecular weight is 211 g/mol. The second-order valence-electron chi connectivity index (χ2n) is 3.67. The number of nitrogens with zero attached hydrogens (tertiary/aromatic N) is 1. The highest BCUT2D eigenvalue weighted by atomic mass is 16.5. The maximum atomic E-state index is 11.3. The molecule has 0 aliphatic carbocycles. The molecule has 0 saturated carbocycles. The van der Waals surface area contributed by atoms with E-state index in [1.54, 1.807) is 0 Å². The lowest BCUT2D eigenvalue weighted by Crippen LogP contribution is -2.24. The highest BCUT2D eigenvalue weighted by molar-refractivity contribution is 5.90. The number of hydrogen-bond acceptors (Lipinski definition) is 4. The van der Waals surface area contributed by atoms with E-state index in [9.17, 15) is 4.79 Å². The molecule has 15 heavy (non-hydrogen) atoms. The smallest absolute Gasteiger partial charge is 0.224 e. The molecule has 0 saturated heterocycles. The van der Waals surface area contributed by atoms with Crippen LogP contribution in [0, 0.1) is 0 Å². The lowest BCUT2D eigenvalue weighted by Gasteiger charge is -2.07. The molecule has 84 valence electrons. The zero-order chi connectivity index (χ0) is 11.1. The van der Waals surface area contributed by atoms with Crippen LogP contribution in [0.3, 0.4) is 0 Å². The normalized spacial score (nSPS) is 10.6. The molecule has 1 amide bonds. The van der Waals surface area contributed by atoms with E-state index < -0.39 is 0 Å². The number of anilines is 1. The third kappa shape index (κ3) is 5.17. The number of carbonyl (C=O) groups is 1. The van der Waals surface area contributed by atoms with Gasteiger partial charge in [0.15, 0.2) is 0 Å². The minimum absolute atomic E-state index is 0.0104. The molecule has 0 unspecified atom stereocenters. The van der Waals surface area contributed by atoms with Crippen LogP contribution in [0.15, 0.2) is 17.0 Å². The van der Waals surface area contributed by atoms with Gasteiger partial charge in [-0.15, -0.1) is 0 Å². The van der Waals surface area contributed by atoms with E-state index in [4.69, 9.17) is 0 Å². The van der Waals surface area contributed by atoms with Crippen LogP contribution in [0.5, 0.6) is 0 Å². The molecule has 0 bridgehead atoms. The minimum Gasteiger partial charge on any atom is -0.363 e. The molecule has 2 N–H and O–H groups in total. The van der Waals surface area contributed by atoms with Gasteiger partial charge in [0.1, 0.15) is 12.0 Å². The van der Waals surface area contributed by atoms with Crippen LogP contribution in [0.25, 0.3) is 0 Å². The third-order valence-electron chi connectivity index (χ3n) is 1.85. The summed E-state index contributed by atoms with van der Waals surface area (Å²) in [6.45, 7) is 5.02. The molecule has 1 aromatic rings. The summed E-state index contributed by atoms with van der Waals surface area (Å²) in [6.07, 6.45) is 4.22. The Bertz CT molecular complexity index is 283. The van der Waals surface area contributed by atoms with Crippen molar-refractivity contribution in [3.8, 4) is 0 Å². The van der Waals surface area contributed by atoms with E-state index in [-0.39, 0.29) is 5.91 Å². The molecule has 0 radical (unpaired) electrons. The second-order valence-corrected chi connectivity index (χ2v) is 3.67. The lowest BCUT2D eigenvalue weighted by molar-refractivity contribution is -0.116. The van der Waals surface area contributed by atoms with Gasteiger partial charge in [-0.3, -0.25) is 4.79 Å². The summed E-state index contributed by atoms with van der Waals surface area (Å²) in [5.41, 5.74) is 0.608. The molecule has 5 nitrogen and oxygen atoms in total. The van der Waals surface area contributed by atoms with E-state index in [2.05, 4.69) is 34.2 Å². The monoisotopic (exact) mass is 211 g/mol. The van der Waals surface area contributed by atoms with Crippen molar-refractivity contribution in [2.75, 3.05) is 11.9 Å². The first-order valence-electron chi connectivity index (χ1n) is 5.11. The Morgan fingerprint density at radius 2 is 2.40 bits per heavy atom. The van der Waals surface area contributed by atoms with Gasteiger partial charge in [0.05, 0.1) is 6.20 Å². The molecule has 1 heterocycles. The SMILES string of the molecule is CC(C)NCCCC(=O)Nc1cnoc1. The first kappa shape index (κ1) is 11.7. The van der Waals surface area contributed by atoms with Gasteiger partial charge >= 0.3 is 0 Å². The number of hydrogen-bond donors (Lipinski definition) is 2. The van der Waals surface area contributed by atoms with Crippen LogP contribution in [-0.2, 0) is 4.79 Å². The Balaban J connectivity index is 2.09. The summed E-state index contributed by atoms with van der Waals surface area (Å²) in [7, 11) is 0. The van der Waals surface area contributed by atoms with Crippen molar-refractivity contribution in [1.82, 2.24) is 10.5 Å². The van der Waals surface area contributed by atoms with Crippen molar-refractivity contribution in [2.24, 2.45) is 0 Å². The molecule has 5 heteroatoms. The fourth-order valence-corrected chi connectivity index (χ4v) is 1.13. The van der Waals surface area contributed by atoms with Crippen molar-refractivity contribution in [1.29, 1.82) is 0 Å². The fourth-order valence-electron chi connectivity index (χ4n) is 1.13. The van der Waals surface area contributed by atoms with Crippen LogP contribution in [0.1, 0.15) is 26.7 Å². The Hall–Kier alpha value is -1.36. The van der Waals surface area contributed by atoms with Gasteiger partial charge in [0, 0.05) is 12.5 Å². The van der Waals surface area contributed by atoms with Gasteiger partial charge in [-0.1, -0.05) is 19.0 Å². The van der Waals surface area contributed by atoms with Crippen molar-refractivity contribution < 1.29 is 9.32 Å². The molecule has 0 aliphatic heterocycles. The van der Waals surface area contributed by atoms with Crippen molar-refractivity contribution in [2.45, 2.75) is 32.7 Å². The highest BCUT2D eigenvalue weighted by Gasteiger charge is 2.03. The Labute approximate surface area is 89.2 Å². The van der Waals surface area contributed by atoms with Crippen LogP contribution < -0.4 is 10.6 Å². The standard InChI is InChI=1S/C10H17N3O2/c1-8(2)11-5-3-4-10(14)13-9-6-12-15-7-9/h6-8,11H,3-5H2,1-2H3,(H,13,14). The van der Waals surface area contributed by atoms with Gasteiger partial charge < -0.3 is 15.2 Å². The van der Waals surface area contributed by atoms with Crippen molar-refractivity contribution in [3.05, 3.63) is 12.5 Å². The molecule has 1 rings (SSSR count). The molecule has 0 aromatic carbocycles. The lowest BCUT2D eigenvalue weighted by atomic mass is 10.2. The summed E-state index contributed by atoms with van der Waals surface area (Å²) in [5, 5.41) is 9.43. The quantitative estimate of drug-likeness (QED) is 0.698. The zero-order valence-corrected chi connectivity index (χ0v) is 9.12. The summed E-state index contributed by atoms with van der Waals surface area (Å²) in [5.74, 6) is -0.0104. The largest absolute Gasteiger partial charge is 0.363 e. The van der Waals surface area contributed by atoms with E-state index >= 15 is 0 Å². The zero-order valence-electron chi connectivity index (χ0n) is 9.12. The van der Waals surface area contributed by atoms with Gasteiger partial charge in [-0.25, -0.2) is 0 Å². The summed E-state index contributed by atoms with van der Waals surface area (Å²) in [4.78, 5) is 11.3. The first-order valence-corrected chi connectivity index (χ1v) is 5.11. The van der Waals surface area contributed by atoms with E-state index in [1.807, 2.05) is 0 Å². The van der Waals surface area contributed by atoms with Crippen LogP contribution in [-0.4, -0.2) is 23.7 Å². The summed E-state index contributed by atoms with van der Waals surface area (Å²) in [6, 6.07) is 0.464. The molecule has 1 aromatic heterocycles. The van der Waals surface area contributed by atoms with Gasteiger partial charge in [0.25, 0.3) is 0 Å². The Morgan fingerprint density at radius 1 is 1.60 bits per heavy atom. The van der Waals surface area contributed by atoms with Gasteiger partial charge in [-0.2, -0.15) is 0 Å². The first-order chi connectivity index (χ1) is 7.18. The highest BCUT2D eigenvalue weighted by Crippen LogP contribution is 2.04. The number of nitrogens with one attached hydrogen (secondary N) is 2. The minimum atomic E-state index is -0.0104. The second kappa shape index (κ2) is 6.19. The molecule has 0 fully saturated rings. The summed E-state index contributed by atoms with van der Waals surface area (Å²) < 4.78 is 4.60. The third-order valence-corrected chi connectivity index (χ3v) is 1.85. The Kier molecular flexibility index (Phi) is 4.83. The fraction of sp³-hybridized carbons (Fsp3) is 0.600. The number of carbonyl (C=O) groups excluding carboxylic acids is 1. The Morgan fingerprint density at radius 3 is 3.00 bits per heavy atom. The van der Waals surface area contributed by atoms with Gasteiger partial charge in [0.2, 0.25) is 5.91 Å².